The molecule has 3 saturated heterocycles. The summed E-state index contributed by atoms with van der Waals surface area (Å²) in [6.07, 6.45) is 11.8. The third-order valence-electron chi connectivity index (χ3n) is 16.4. The number of nitrogens with zero attached hydrogens (tertiary/aromatic N) is 2. The number of ether oxygens (including phenoxy) is 4. The van der Waals surface area contributed by atoms with Crippen LogP contribution in [0.5, 0.6) is 0 Å². The van der Waals surface area contributed by atoms with E-state index in [4.69, 9.17) is 18.9 Å². The van der Waals surface area contributed by atoms with Crippen LogP contribution in [-0.4, -0.2) is 102 Å². The standard InChI is InChI=1S/C40H66N2O6.H2S/c1-24(2)42-20-26(21-42)41-17-18-45-34(22-41)48-33-13-14-40-23-39(40)16-15-38(8)28-9-11-30(35(37(6,7)44)46-25(3)43)47-31(28)19-29(38)27(39)10-12-32(40)36(33,4)5;/h24,26-35,44H,9-23H2,1-8H3;1H2. The van der Waals surface area contributed by atoms with E-state index in [-0.39, 0.29) is 49.5 Å². The van der Waals surface area contributed by atoms with Gasteiger partial charge in [-0.15, -0.1) is 0 Å². The summed E-state index contributed by atoms with van der Waals surface area (Å²) < 4.78 is 25.9. The van der Waals surface area contributed by atoms with Crippen molar-refractivity contribution in [1.29, 1.82) is 0 Å². The molecule has 0 aromatic carbocycles. The Hall–Kier alpha value is -0.420. The molecule has 0 bridgehead atoms. The lowest BCUT2D eigenvalue weighted by atomic mass is 9.46. The molecule has 3 heterocycles. The molecule has 8 nitrogen and oxygen atoms in total. The van der Waals surface area contributed by atoms with E-state index in [0.717, 1.165) is 57.2 Å². The first-order valence-corrected chi connectivity index (χ1v) is 19.9. The number of aliphatic hydroxyl groups is 1. The van der Waals surface area contributed by atoms with Crippen LogP contribution in [0.1, 0.15) is 120 Å². The van der Waals surface area contributed by atoms with E-state index < -0.39 is 11.7 Å². The summed E-state index contributed by atoms with van der Waals surface area (Å²) in [5.41, 5.74) is 0.302. The van der Waals surface area contributed by atoms with Gasteiger partial charge in [-0.25, -0.2) is 0 Å². The van der Waals surface area contributed by atoms with E-state index in [0.29, 0.717) is 40.2 Å². The van der Waals surface area contributed by atoms with Gasteiger partial charge in [-0.1, -0.05) is 20.8 Å². The van der Waals surface area contributed by atoms with Crippen LogP contribution >= 0.6 is 13.5 Å². The Morgan fingerprint density at radius 3 is 2.37 bits per heavy atom. The van der Waals surface area contributed by atoms with Crippen LogP contribution < -0.4 is 0 Å². The number of fused-ring (bicyclic) bond motifs is 4. The van der Waals surface area contributed by atoms with Gasteiger partial charge in [0.15, 0.2) is 12.4 Å². The molecule has 12 atom stereocenters. The number of hydrogen-bond donors (Lipinski definition) is 1. The van der Waals surface area contributed by atoms with Crippen LogP contribution in [-0.2, 0) is 23.7 Å². The van der Waals surface area contributed by atoms with Gasteiger partial charge in [0.2, 0.25) is 0 Å². The molecule has 3 aliphatic heterocycles. The van der Waals surface area contributed by atoms with Gasteiger partial charge in [0.05, 0.1) is 30.5 Å². The van der Waals surface area contributed by atoms with E-state index >= 15 is 0 Å². The molecule has 5 saturated carbocycles. The fourth-order valence-corrected chi connectivity index (χ4v) is 13.9. The van der Waals surface area contributed by atoms with Gasteiger partial charge >= 0.3 is 5.97 Å². The monoisotopic (exact) mass is 704 g/mol. The highest BCUT2D eigenvalue weighted by Gasteiger charge is 2.80. The number of esters is 1. The molecule has 0 aromatic heterocycles. The number of carbonyl (C=O) groups is 1. The van der Waals surface area contributed by atoms with Crippen LogP contribution in [0.3, 0.4) is 0 Å². The van der Waals surface area contributed by atoms with Gasteiger partial charge in [-0.3, -0.25) is 14.6 Å². The maximum atomic E-state index is 12.0. The fraction of sp³-hybridized carbons (Fsp3) is 0.975. The van der Waals surface area contributed by atoms with Crippen molar-refractivity contribution >= 4 is 19.5 Å². The summed E-state index contributed by atoms with van der Waals surface area (Å²) in [5, 5.41) is 10.9. The summed E-state index contributed by atoms with van der Waals surface area (Å²) in [6.45, 7) is 22.3. The fourth-order valence-electron chi connectivity index (χ4n) is 13.9. The lowest BCUT2D eigenvalue weighted by Crippen LogP contribution is -2.64. The average Bonchev–Trinajstić information content (AvgIpc) is 3.56. The van der Waals surface area contributed by atoms with Crippen molar-refractivity contribution in [2.75, 3.05) is 32.8 Å². The highest BCUT2D eigenvalue weighted by Crippen LogP contribution is 2.87. The Morgan fingerprint density at radius 1 is 0.939 bits per heavy atom. The normalized spacial score (nSPS) is 47.0. The maximum absolute atomic E-state index is 12.0. The largest absolute Gasteiger partial charge is 0.457 e. The minimum absolute atomic E-state index is 0. The minimum Gasteiger partial charge on any atom is -0.457 e. The number of carbonyl (C=O) groups excluding carboxylic acids is 1. The summed E-state index contributed by atoms with van der Waals surface area (Å²) >= 11 is 0. The van der Waals surface area contributed by atoms with Crippen LogP contribution in [0.4, 0.5) is 0 Å². The van der Waals surface area contributed by atoms with E-state index in [1.165, 1.54) is 58.5 Å². The molecule has 280 valence electrons. The maximum Gasteiger partial charge on any atom is 0.303 e. The zero-order valence-electron chi connectivity index (χ0n) is 31.8. The molecule has 12 unspecified atom stereocenters. The third kappa shape index (κ3) is 5.71. The summed E-state index contributed by atoms with van der Waals surface area (Å²) in [6, 6.07) is 1.28. The summed E-state index contributed by atoms with van der Waals surface area (Å²) in [7, 11) is 0. The number of likely N-dealkylation sites (tertiary alicyclic amines) is 1. The van der Waals surface area contributed by atoms with Crippen LogP contribution in [0.15, 0.2) is 0 Å². The van der Waals surface area contributed by atoms with Gasteiger partial charge in [0.1, 0.15) is 0 Å². The molecule has 49 heavy (non-hydrogen) atoms. The van der Waals surface area contributed by atoms with Crippen LogP contribution in [0, 0.1) is 45.3 Å². The van der Waals surface area contributed by atoms with Gasteiger partial charge < -0.3 is 24.1 Å². The summed E-state index contributed by atoms with van der Waals surface area (Å²) in [4.78, 5) is 17.2. The Bertz CT molecular complexity index is 1250. The Kier molecular flexibility index (Phi) is 9.48. The molecule has 9 heteroatoms. The van der Waals surface area contributed by atoms with Gasteiger partial charge in [0, 0.05) is 45.2 Å². The Morgan fingerprint density at radius 2 is 1.67 bits per heavy atom. The van der Waals surface area contributed by atoms with Gasteiger partial charge in [-0.05, 0) is 137 Å². The summed E-state index contributed by atoms with van der Waals surface area (Å²) in [5.74, 6) is 2.42. The smallest absolute Gasteiger partial charge is 0.303 e. The predicted octanol–water partition coefficient (Wildman–Crippen LogP) is 6.14. The van der Waals surface area contributed by atoms with Crippen molar-refractivity contribution in [3.8, 4) is 0 Å². The highest BCUT2D eigenvalue weighted by atomic mass is 32.1. The topological polar surface area (TPSA) is 80.7 Å². The zero-order valence-corrected chi connectivity index (χ0v) is 32.8. The van der Waals surface area contributed by atoms with E-state index in [2.05, 4.69) is 44.4 Å². The van der Waals surface area contributed by atoms with Crippen molar-refractivity contribution in [2.45, 2.75) is 168 Å². The predicted molar refractivity (Wildman–Crippen MR) is 194 cm³/mol. The van der Waals surface area contributed by atoms with E-state index in [1.807, 2.05) is 0 Å². The molecular weight excluding hydrogens is 637 g/mol. The second-order valence-electron chi connectivity index (χ2n) is 19.6. The van der Waals surface area contributed by atoms with Gasteiger partial charge in [-0.2, -0.15) is 13.5 Å². The average molecular weight is 705 g/mol. The van der Waals surface area contributed by atoms with E-state index in [9.17, 15) is 9.90 Å². The highest BCUT2D eigenvalue weighted by molar-refractivity contribution is 7.59. The SMILES string of the molecule is CC(=O)OC(C1CCC2C(CC3C4CCC5C(C)(C)C(OC6CN(C7CN(C(C)C)C7)CCO6)CCC56CC46CCC23C)O1)C(C)(C)O.S. The lowest BCUT2D eigenvalue weighted by molar-refractivity contribution is -0.250. The number of rotatable bonds is 7. The van der Waals surface area contributed by atoms with Crippen molar-refractivity contribution in [3.05, 3.63) is 0 Å². The number of morpholine rings is 1. The van der Waals surface area contributed by atoms with Crippen molar-refractivity contribution in [2.24, 2.45) is 45.3 Å². The Labute approximate surface area is 303 Å². The molecule has 5 aliphatic carbocycles. The quantitative estimate of drug-likeness (QED) is 0.317. The minimum atomic E-state index is -1.13. The molecule has 0 amide bonds. The lowest BCUT2D eigenvalue weighted by Gasteiger charge is -2.60. The van der Waals surface area contributed by atoms with Gasteiger partial charge in [0.25, 0.3) is 0 Å². The molecule has 0 aromatic rings. The first-order chi connectivity index (χ1) is 22.6. The third-order valence-corrected chi connectivity index (χ3v) is 16.4. The van der Waals surface area contributed by atoms with Crippen molar-refractivity contribution in [1.82, 2.24) is 9.80 Å². The second kappa shape index (κ2) is 12.6. The first kappa shape index (κ1) is 36.9. The Balaban J connectivity index is 0.00000378. The molecule has 8 rings (SSSR count). The van der Waals surface area contributed by atoms with Crippen LogP contribution in [0.2, 0.25) is 0 Å². The molecule has 0 radical (unpaired) electrons. The second-order valence-corrected chi connectivity index (χ2v) is 19.6. The molecule has 8 aliphatic rings. The molecule has 2 spiro atoms. The molecule has 1 N–H and O–H groups in total. The van der Waals surface area contributed by atoms with Crippen molar-refractivity contribution in [3.63, 3.8) is 0 Å². The van der Waals surface area contributed by atoms with E-state index in [1.54, 1.807) is 13.8 Å². The van der Waals surface area contributed by atoms with Crippen LogP contribution in [0.25, 0.3) is 0 Å². The molecular formula is C40H68N2O6S. The number of hydrogen-bond acceptors (Lipinski definition) is 8. The molecule has 8 fully saturated rings. The first-order valence-electron chi connectivity index (χ1n) is 19.9. The zero-order chi connectivity index (χ0) is 34.0. The van der Waals surface area contributed by atoms with Crippen molar-refractivity contribution < 1.29 is 28.8 Å².